The van der Waals surface area contributed by atoms with Crippen LogP contribution in [0.15, 0.2) is 15.8 Å². The third-order valence-corrected chi connectivity index (χ3v) is 9.05. The molecule has 1 saturated carbocycles. The zero-order chi connectivity index (χ0) is 13.3. The minimum absolute atomic E-state index is 0.0991. The van der Waals surface area contributed by atoms with Crippen molar-refractivity contribution in [2.75, 3.05) is 6.61 Å². The van der Waals surface area contributed by atoms with E-state index >= 15 is 0 Å². The van der Waals surface area contributed by atoms with Crippen LogP contribution in [-0.4, -0.2) is 32.5 Å². The van der Waals surface area contributed by atoms with E-state index in [1.165, 1.54) is 10.8 Å². The molecule has 96 valence electrons. The molecule has 0 aliphatic heterocycles. The number of halogens is 1. The van der Waals surface area contributed by atoms with E-state index in [1.807, 2.05) is 0 Å². The Kier molecular flexibility index (Phi) is 4.63. The van der Waals surface area contributed by atoms with Crippen LogP contribution >= 0.6 is 8.25 Å². The van der Waals surface area contributed by atoms with Gasteiger partial charge in [0.2, 0.25) is 0 Å². The fourth-order valence-corrected chi connectivity index (χ4v) is 5.91. The van der Waals surface area contributed by atoms with E-state index in [4.69, 9.17) is 13.4 Å². The zero-order valence-electron chi connectivity index (χ0n) is 9.67. The maximum absolute atomic E-state index is 11.7. The molecule has 0 aromatic carbocycles. The zero-order valence-corrected chi connectivity index (χ0v) is 15.9. The van der Waals surface area contributed by atoms with Gasteiger partial charge in [0.1, 0.15) is 0 Å². The van der Waals surface area contributed by atoms with E-state index in [9.17, 15) is 14.7 Å². The molecule has 0 amide bonds. The van der Waals surface area contributed by atoms with Crippen LogP contribution in [0.1, 0.15) is 18.9 Å². The van der Waals surface area contributed by atoms with Crippen LogP contribution in [0.4, 0.5) is 0 Å². The third kappa shape index (κ3) is 2.71. The quantitative estimate of drug-likeness (QED) is 0.488. The number of aliphatic hydroxyl groups excluding tert-OH is 2. The summed E-state index contributed by atoms with van der Waals surface area (Å²) in [6.45, 7) is -0.0991. The van der Waals surface area contributed by atoms with Crippen LogP contribution in [0, 0.1) is 5.92 Å². The van der Waals surface area contributed by atoms with E-state index in [1.54, 1.807) is 0 Å². The van der Waals surface area contributed by atoms with Gasteiger partial charge in [0.05, 0.1) is 0 Å². The third-order valence-electron chi connectivity index (χ3n) is 3.45. The number of hydrogen-bond acceptors (Lipinski definition) is 4. The number of hydrogen-bond donors (Lipinski definition) is 3. The van der Waals surface area contributed by atoms with Gasteiger partial charge in [-0.05, 0) is 0 Å². The number of aliphatic hydroxyl groups is 2. The molecule has 18 heavy (non-hydrogen) atoms. The van der Waals surface area contributed by atoms with Crippen molar-refractivity contribution in [1.29, 1.82) is 0 Å². The molecule has 8 heteroatoms. The predicted molar refractivity (Wildman–Crippen MR) is 61.7 cm³/mol. The molecule has 1 aliphatic rings. The van der Waals surface area contributed by atoms with Crippen molar-refractivity contribution in [1.82, 2.24) is 9.55 Å². The first-order valence-electron chi connectivity index (χ1n) is 5.76. The maximum atomic E-state index is 11.7. The van der Waals surface area contributed by atoms with Crippen LogP contribution in [0.25, 0.3) is 0 Å². The molecule has 0 bridgehead atoms. The van der Waals surface area contributed by atoms with Gasteiger partial charge in [-0.2, -0.15) is 0 Å². The standard InChI is InChI=1S/C10H13N2O4.ClH.Hg/c13-5-6-3-7(4-8(6)14)12-2-1-9(15)11-10(12)16;;/h2,6-8,13-14H,3-5H2,(H,11,15,16);1H;/q;;+1/p-1/t6-,7?,8+;;/m0../s1. The van der Waals surface area contributed by atoms with Crippen LogP contribution in [0.3, 0.4) is 0 Å². The van der Waals surface area contributed by atoms with Crippen molar-refractivity contribution in [2.24, 2.45) is 5.92 Å². The summed E-state index contributed by atoms with van der Waals surface area (Å²) in [4.78, 5) is 25.4. The molecule has 2 rings (SSSR count). The van der Waals surface area contributed by atoms with E-state index in [0.29, 0.717) is 15.9 Å². The molecule has 1 fully saturated rings. The van der Waals surface area contributed by atoms with E-state index in [0.717, 1.165) is 0 Å². The van der Waals surface area contributed by atoms with Crippen molar-refractivity contribution in [3.05, 3.63) is 27.0 Å². The van der Waals surface area contributed by atoms with Gasteiger partial charge in [0, 0.05) is 0 Å². The Morgan fingerprint density at radius 1 is 1.50 bits per heavy atom. The predicted octanol–water partition coefficient (Wildman–Crippen LogP) is -1.30. The Bertz CT molecular complexity index is 543. The first-order chi connectivity index (χ1) is 8.56. The van der Waals surface area contributed by atoms with E-state index in [-0.39, 0.29) is 24.1 Å². The average molecular weight is 461 g/mol. The molecule has 0 saturated heterocycles. The molecule has 1 aromatic rings. The summed E-state index contributed by atoms with van der Waals surface area (Å²) in [6.07, 6.45) is 1.87. The van der Waals surface area contributed by atoms with Gasteiger partial charge in [-0.25, -0.2) is 0 Å². The molecule has 3 atom stereocenters. The molecule has 1 unspecified atom stereocenters. The average Bonchev–Trinajstić information content (AvgIpc) is 2.70. The number of aromatic nitrogens is 2. The summed E-state index contributed by atoms with van der Waals surface area (Å²) in [5, 5.41) is 18.8. The molecule has 0 radical (unpaired) electrons. The topological polar surface area (TPSA) is 95.3 Å². The second-order valence-electron chi connectivity index (χ2n) is 4.59. The fraction of sp³-hybridized carbons (Fsp3) is 0.600. The minimum atomic E-state index is -1.90. The number of nitrogens with one attached hydrogen (secondary N) is 1. The summed E-state index contributed by atoms with van der Waals surface area (Å²) in [6, 6.07) is -0.183. The number of H-pyrrole nitrogens is 1. The Morgan fingerprint density at radius 3 is 2.78 bits per heavy atom. The van der Waals surface area contributed by atoms with Crippen molar-refractivity contribution in [3.8, 4) is 0 Å². The first kappa shape index (κ1) is 14.2. The number of nitrogens with zero attached hydrogens (tertiary/aromatic N) is 1. The van der Waals surface area contributed by atoms with Crippen molar-refractivity contribution < 1.29 is 33.6 Å². The SMILES string of the molecule is O=c1[nH]c(=O)n(C2C[C@@H](CO)[C@H](O)C2)c[c]1[Hg][Cl]. The van der Waals surface area contributed by atoms with Crippen molar-refractivity contribution in [2.45, 2.75) is 25.0 Å². The first-order valence-corrected chi connectivity index (χ1v) is 15.3. The summed E-state index contributed by atoms with van der Waals surface area (Å²) in [5.41, 5.74) is -0.858. The van der Waals surface area contributed by atoms with Gasteiger partial charge >= 0.3 is 119 Å². The van der Waals surface area contributed by atoms with Gasteiger partial charge < -0.3 is 0 Å². The van der Waals surface area contributed by atoms with Gasteiger partial charge in [-0.3, -0.25) is 0 Å². The number of rotatable bonds is 3. The molecular formula is C10H13ClHgN2O4. The Labute approximate surface area is 118 Å². The van der Waals surface area contributed by atoms with Gasteiger partial charge in [-0.15, -0.1) is 0 Å². The van der Waals surface area contributed by atoms with Gasteiger partial charge in [0.15, 0.2) is 0 Å². The van der Waals surface area contributed by atoms with Crippen LogP contribution in [-0.2, 0) is 23.3 Å². The summed E-state index contributed by atoms with van der Waals surface area (Å²) in [5.74, 6) is -0.210. The van der Waals surface area contributed by atoms with Crippen molar-refractivity contribution >= 4 is 11.3 Å². The summed E-state index contributed by atoms with van der Waals surface area (Å²) >= 11 is -1.90. The van der Waals surface area contributed by atoms with Crippen molar-refractivity contribution in [3.63, 3.8) is 0 Å². The monoisotopic (exact) mass is 462 g/mol. The molecule has 6 nitrogen and oxygen atoms in total. The molecule has 1 aliphatic carbocycles. The fourth-order valence-electron chi connectivity index (χ4n) is 2.39. The van der Waals surface area contributed by atoms with Gasteiger partial charge in [-0.1, -0.05) is 0 Å². The van der Waals surface area contributed by atoms with E-state index < -0.39 is 35.1 Å². The second kappa shape index (κ2) is 5.86. The second-order valence-corrected chi connectivity index (χ2v) is 10.9. The van der Waals surface area contributed by atoms with Crippen LogP contribution in [0.5, 0.6) is 0 Å². The Morgan fingerprint density at radius 2 is 2.22 bits per heavy atom. The Hall–Kier alpha value is -0.175. The van der Waals surface area contributed by atoms with E-state index in [2.05, 4.69) is 4.98 Å². The molecule has 3 N–H and O–H groups in total. The summed E-state index contributed by atoms with van der Waals surface area (Å²) < 4.78 is 1.98. The van der Waals surface area contributed by atoms with Crippen LogP contribution in [0.2, 0.25) is 0 Å². The molecular weight excluding hydrogens is 448 g/mol. The van der Waals surface area contributed by atoms with Crippen LogP contribution < -0.4 is 14.3 Å². The molecule has 1 heterocycles. The Balaban J connectivity index is 2.35. The molecule has 0 spiro atoms. The number of aromatic amines is 1. The molecule has 1 aromatic heterocycles. The summed E-state index contributed by atoms with van der Waals surface area (Å²) in [7, 11) is 5.85. The normalized spacial score (nSPS) is 27.2. The van der Waals surface area contributed by atoms with Gasteiger partial charge in [0.25, 0.3) is 0 Å².